The zero-order valence-corrected chi connectivity index (χ0v) is 17.8. The molecule has 168 valence electrons. The predicted octanol–water partition coefficient (Wildman–Crippen LogP) is 4.22. The van der Waals surface area contributed by atoms with Crippen molar-refractivity contribution in [3.63, 3.8) is 0 Å². The maximum atomic E-state index is 12.8. The maximum absolute atomic E-state index is 12.8. The summed E-state index contributed by atoms with van der Waals surface area (Å²) in [4.78, 5) is 0. The molecular formula is C23H39FO5. The summed E-state index contributed by atoms with van der Waals surface area (Å²) in [6.45, 7) is 3.14. The molecule has 0 aliphatic heterocycles. The van der Waals surface area contributed by atoms with Gasteiger partial charge in [-0.25, -0.2) is 4.39 Å². The van der Waals surface area contributed by atoms with E-state index < -0.39 is 18.3 Å². The molecule has 6 heteroatoms. The van der Waals surface area contributed by atoms with Crippen LogP contribution in [-0.4, -0.2) is 53.5 Å². The number of ether oxygens (including phenoxy) is 2. The van der Waals surface area contributed by atoms with Gasteiger partial charge in [0.1, 0.15) is 24.3 Å². The van der Waals surface area contributed by atoms with Gasteiger partial charge in [0.25, 0.3) is 0 Å². The second-order valence-electron chi connectivity index (χ2n) is 7.68. The van der Waals surface area contributed by atoms with Gasteiger partial charge in [-0.15, -0.1) is 0 Å². The largest absolute Gasteiger partial charge is 0.491 e. The van der Waals surface area contributed by atoms with E-state index >= 15 is 0 Å². The van der Waals surface area contributed by atoms with E-state index in [9.17, 15) is 19.7 Å². The molecule has 3 atom stereocenters. The number of aliphatic hydroxyl groups is 3. The van der Waals surface area contributed by atoms with E-state index in [-0.39, 0.29) is 19.0 Å². The van der Waals surface area contributed by atoms with Crippen molar-refractivity contribution in [1.82, 2.24) is 0 Å². The molecule has 0 saturated heterocycles. The summed E-state index contributed by atoms with van der Waals surface area (Å²) >= 11 is 0. The summed E-state index contributed by atoms with van der Waals surface area (Å²) in [5.41, 5.74) is 0. The summed E-state index contributed by atoms with van der Waals surface area (Å²) in [5.74, 6) is 0.255. The van der Waals surface area contributed by atoms with Crippen LogP contribution in [0.2, 0.25) is 0 Å². The van der Waals surface area contributed by atoms with E-state index in [1.165, 1.54) is 12.1 Å². The number of halogens is 1. The Morgan fingerprint density at radius 2 is 1.41 bits per heavy atom. The number of benzene rings is 1. The topological polar surface area (TPSA) is 79.2 Å². The second kappa shape index (κ2) is 16.6. The Kier molecular flexibility index (Phi) is 14.8. The monoisotopic (exact) mass is 414 g/mol. The third-order valence-corrected chi connectivity index (χ3v) is 4.92. The van der Waals surface area contributed by atoms with Gasteiger partial charge < -0.3 is 24.8 Å². The predicted molar refractivity (Wildman–Crippen MR) is 113 cm³/mol. The van der Waals surface area contributed by atoms with Crippen LogP contribution in [0.1, 0.15) is 71.1 Å². The van der Waals surface area contributed by atoms with Gasteiger partial charge in [0.15, 0.2) is 0 Å². The first-order valence-electron chi connectivity index (χ1n) is 11.0. The SMILES string of the molecule is CCCCOC[C@H](O)[C@H](O)CCCCCCCC[C@H](O)COc1ccc(F)cc1. The van der Waals surface area contributed by atoms with Crippen molar-refractivity contribution in [2.75, 3.05) is 19.8 Å². The highest BCUT2D eigenvalue weighted by Crippen LogP contribution is 2.14. The third kappa shape index (κ3) is 13.6. The molecule has 0 heterocycles. The van der Waals surface area contributed by atoms with Gasteiger partial charge >= 0.3 is 0 Å². The molecule has 29 heavy (non-hydrogen) atoms. The van der Waals surface area contributed by atoms with E-state index in [1.807, 2.05) is 0 Å². The molecule has 0 spiro atoms. The number of rotatable bonds is 18. The van der Waals surface area contributed by atoms with E-state index in [1.54, 1.807) is 12.1 Å². The van der Waals surface area contributed by atoms with Gasteiger partial charge in [-0.1, -0.05) is 51.9 Å². The molecule has 0 unspecified atom stereocenters. The highest BCUT2D eigenvalue weighted by atomic mass is 19.1. The molecule has 0 aliphatic carbocycles. The fourth-order valence-corrected chi connectivity index (χ4v) is 3.00. The van der Waals surface area contributed by atoms with E-state index in [2.05, 4.69) is 6.92 Å². The van der Waals surface area contributed by atoms with Gasteiger partial charge in [0, 0.05) is 6.61 Å². The smallest absolute Gasteiger partial charge is 0.123 e. The Bertz CT molecular complexity index is 497. The minimum Gasteiger partial charge on any atom is -0.491 e. The lowest BCUT2D eigenvalue weighted by Crippen LogP contribution is -2.30. The van der Waals surface area contributed by atoms with Gasteiger partial charge in [-0.3, -0.25) is 0 Å². The molecule has 0 fully saturated rings. The first-order chi connectivity index (χ1) is 14.0. The van der Waals surface area contributed by atoms with Crippen molar-refractivity contribution in [3.05, 3.63) is 30.1 Å². The highest BCUT2D eigenvalue weighted by molar-refractivity contribution is 5.22. The normalized spacial score (nSPS) is 14.5. The Balaban J connectivity index is 1.92. The molecule has 1 aromatic carbocycles. The van der Waals surface area contributed by atoms with Gasteiger partial charge in [-0.2, -0.15) is 0 Å². The second-order valence-corrected chi connectivity index (χ2v) is 7.68. The first-order valence-corrected chi connectivity index (χ1v) is 11.0. The minimum absolute atomic E-state index is 0.203. The molecule has 5 nitrogen and oxygen atoms in total. The van der Waals surface area contributed by atoms with Gasteiger partial charge in [-0.05, 0) is 43.5 Å². The van der Waals surface area contributed by atoms with Crippen LogP contribution in [0.3, 0.4) is 0 Å². The van der Waals surface area contributed by atoms with E-state index in [0.29, 0.717) is 25.2 Å². The Hall–Kier alpha value is -1.21. The van der Waals surface area contributed by atoms with Gasteiger partial charge in [0.2, 0.25) is 0 Å². The van der Waals surface area contributed by atoms with Crippen LogP contribution in [0.25, 0.3) is 0 Å². The molecule has 0 bridgehead atoms. The summed E-state index contributed by atoms with van der Waals surface area (Å²) < 4.78 is 23.6. The summed E-state index contributed by atoms with van der Waals surface area (Å²) in [6, 6.07) is 5.78. The van der Waals surface area contributed by atoms with Crippen molar-refractivity contribution in [2.24, 2.45) is 0 Å². The van der Waals surface area contributed by atoms with Crippen LogP contribution in [0.4, 0.5) is 4.39 Å². The van der Waals surface area contributed by atoms with Crippen LogP contribution >= 0.6 is 0 Å². The molecule has 0 saturated carbocycles. The zero-order chi connectivity index (χ0) is 21.3. The summed E-state index contributed by atoms with van der Waals surface area (Å²) in [5, 5.41) is 29.7. The fourth-order valence-electron chi connectivity index (χ4n) is 3.00. The average molecular weight is 415 g/mol. The lowest BCUT2D eigenvalue weighted by molar-refractivity contribution is -0.0416. The molecule has 3 N–H and O–H groups in total. The molecule has 0 amide bonds. The summed E-state index contributed by atoms with van der Waals surface area (Å²) in [7, 11) is 0. The van der Waals surface area contributed by atoms with Crippen molar-refractivity contribution in [2.45, 2.75) is 89.4 Å². The lowest BCUT2D eigenvalue weighted by Gasteiger charge is -2.17. The Morgan fingerprint density at radius 3 is 2.07 bits per heavy atom. The molecule has 1 rings (SSSR count). The summed E-state index contributed by atoms with van der Waals surface area (Å²) in [6.07, 6.45) is 7.34. The third-order valence-electron chi connectivity index (χ3n) is 4.92. The average Bonchev–Trinajstić information content (AvgIpc) is 2.72. The van der Waals surface area contributed by atoms with Crippen LogP contribution < -0.4 is 4.74 Å². The van der Waals surface area contributed by atoms with Crippen LogP contribution in [0.5, 0.6) is 5.75 Å². The number of hydrogen-bond acceptors (Lipinski definition) is 5. The van der Waals surface area contributed by atoms with E-state index in [4.69, 9.17) is 9.47 Å². The van der Waals surface area contributed by atoms with Crippen LogP contribution in [0, 0.1) is 5.82 Å². The molecule has 0 aromatic heterocycles. The fraction of sp³-hybridized carbons (Fsp3) is 0.739. The number of aliphatic hydroxyl groups excluding tert-OH is 3. The van der Waals surface area contributed by atoms with E-state index in [0.717, 1.165) is 51.4 Å². The van der Waals surface area contributed by atoms with Gasteiger partial charge in [0.05, 0.1) is 18.8 Å². The molecule has 1 aromatic rings. The first kappa shape index (κ1) is 25.8. The quantitative estimate of drug-likeness (QED) is 0.313. The van der Waals surface area contributed by atoms with Crippen molar-refractivity contribution < 1.29 is 29.2 Å². The number of unbranched alkanes of at least 4 members (excludes halogenated alkanes) is 6. The zero-order valence-electron chi connectivity index (χ0n) is 17.8. The molecule has 0 radical (unpaired) electrons. The molecule has 0 aliphatic rings. The maximum Gasteiger partial charge on any atom is 0.123 e. The number of hydrogen-bond donors (Lipinski definition) is 3. The minimum atomic E-state index is -0.800. The Labute approximate surface area is 174 Å². The van der Waals surface area contributed by atoms with Crippen molar-refractivity contribution >= 4 is 0 Å². The van der Waals surface area contributed by atoms with Crippen LogP contribution in [0.15, 0.2) is 24.3 Å². The standard InChI is InChI=1S/C23H39FO5/c1-2-3-16-28-18-23(27)22(26)11-9-7-5-4-6-8-10-20(25)17-29-21-14-12-19(24)13-15-21/h12-15,20,22-23,25-27H,2-11,16-18H2,1H3/t20-,22+,23-/m0/s1. The highest BCUT2D eigenvalue weighted by Gasteiger charge is 2.15. The Morgan fingerprint density at radius 1 is 0.793 bits per heavy atom. The van der Waals surface area contributed by atoms with Crippen molar-refractivity contribution in [1.29, 1.82) is 0 Å². The lowest BCUT2D eigenvalue weighted by atomic mass is 10.0. The van der Waals surface area contributed by atoms with Crippen LogP contribution in [-0.2, 0) is 4.74 Å². The molecular weight excluding hydrogens is 375 g/mol. The van der Waals surface area contributed by atoms with Crippen molar-refractivity contribution in [3.8, 4) is 5.75 Å².